The summed E-state index contributed by atoms with van der Waals surface area (Å²) in [6.07, 6.45) is 1.42. The first-order chi connectivity index (χ1) is 13.0. The Labute approximate surface area is 159 Å². The Hall–Kier alpha value is -2.87. The number of hydrogen-bond donors (Lipinski definition) is 0. The normalized spacial score (nSPS) is 14.1. The zero-order valence-corrected chi connectivity index (χ0v) is 14.9. The van der Waals surface area contributed by atoms with Gasteiger partial charge in [0.1, 0.15) is 11.4 Å². The van der Waals surface area contributed by atoms with Crippen LogP contribution in [0.4, 0.5) is 4.39 Å². The van der Waals surface area contributed by atoms with Gasteiger partial charge in [-0.3, -0.25) is 9.59 Å². The molecule has 0 bridgehead atoms. The van der Waals surface area contributed by atoms with Crippen LogP contribution in [0.25, 0.3) is 0 Å². The molecule has 0 saturated carbocycles. The quantitative estimate of drug-likeness (QED) is 0.743. The second-order valence-electron chi connectivity index (χ2n) is 5.82. The van der Waals surface area contributed by atoms with Gasteiger partial charge in [0.05, 0.1) is 11.3 Å². The molecule has 1 saturated heterocycles. The van der Waals surface area contributed by atoms with Crippen molar-refractivity contribution in [3.8, 4) is 0 Å². The van der Waals surface area contributed by atoms with Crippen molar-refractivity contribution >= 4 is 29.4 Å². The Morgan fingerprint density at radius 1 is 1.07 bits per heavy atom. The van der Waals surface area contributed by atoms with Crippen molar-refractivity contribution in [2.24, 2.45) is 0 Å². The van der Waals surface area contributed by atoms with E-state index < -0.39 is 29.9 Å². The van der Waals surface area contributed by atoms with E-state index >= 15 is 0 Å². The number of halogens is 2. The first kappa shape index (κ1) is 18.9. The Balaban J connectivity index is 1.50. The van der Waals surface area contributed by atoms with Crippen molar-refractivity contribution in [3.05, 3.63) is 58.8 Å². The number of hydrogen-bond acceptors (Lipinski definition) is 5. The van der Waals surface area contributed by atoms with Gasteiger partial charge in [0, 0.05) is 26.2 Å². The Morgan fingerprint density at radius 3 is 2.41 bits per heavy atom. The fourth-order valence-electron chi connectivity index (χ4n) is 2.70. The Morgan fingerprint density at radius 2 is 1.78 bits per heavy atom. The van der Waals surface area contributed by atoms with Gasteiger partial charge in [0.2, 0.25) is 0 Å². The molecule has 0 unspecified atom stereocenters. The number of nitrogens with zero attached hydrogens (tertiary/aromatic N) is 2. The first-order valence-electron chi connectivity index (χ1n) is 8.19. The molecule has 2 aromatic rings. The number of rotatable bonds is 4. The number of amides is 2. The van der Waals surface area contributed by atoms with Crippen LogP contribution < -0.4 is 0 Å². The van der Waals surface area contributed by atoms with E-state index in [4.69, 9.17) is 20.8 Å². The Kier molecular flexibility index (Phi) is 5.75. The minimum absolute atomic E-state index is 0.0856. The van der Waals surface area contributed by atoms with Crippen LogP contribution in [0.1, 0.15) is 20.9 Å². The van der Waals surface area contributed by atoms with Crippen molar-refractivity contribution in [3.63, 3.8) is 0 Å². The molecule has 1 fully saturated rings. The average Bonchev–Trinajstić information content (AvgIpc) is 3.20. The lowest BCUT2D eigenvalue weighted by atomic mass is 10.2. The highest BCUT2D eigenvalue weighted by molar-refractivity contribution is 6.33. The second-order valence-corrected chi connectivity index (χ2v) is 6.23. The van der Waals surface area contributed by atoms with Crippen molar-refractivity contribution in [1.82, 2.24) is 9.80 Å². The van der Waals surface area contributed by atoms with Crippen molar-refractivity contribution in [1.29, 1.82) is 0 Å². The molecule has 9 heteroatoms. The summed E-state index contributed by atoms with van der Waals surface area (Å²) in [6, 6.07) is 7.01. The predicted octanol–water partition coefficient (Wildman–Crippen LogP) is 2.21. The molecule has 0 aliphatic carbocycles. The maximum atomic E-state index is 13.7. The fraction of sp³-hybridized carbons (Fsp3) is 0.278. The number of carbonyl (C=O) groups excluding carboxylic acids is 3. The van der Waals surface area contributed by atoms with E-state index in [0.29, 0.717) is 26.2 Å². The maximum Gasteiger partial charge on any atom is 0.343 e. The molecular weight excluding hydrogens is 379 g/mol. The number of carbonyl (C=O) groups is 3. The van der Waals surface area contributed by atoms with Crippen molar-refractivity contribution in [2.75, 3.05) is 32.8 Å². The molecule has 2 amide bonds. The van der Waals surface area contributed by atoms with Crippen molar-refractivity contribution in [2.45, 2.75) is 0 Å². The summed E-state index contributed by atoms with van der Waals surface area (Å²) in [5.41, 5.74) is -0.402. The standard InChI is InChI=1S/C18H16ClFN2O5/c19-12-3-1-4-13(20)16(12)18(25)27-11-15(23)21-6-8-22(9-7-21)17(24)14-5-2-10-26-14/h1-5,10H,6-9,11H2. The third-order valence-electron chi connectivity index (χ3n) is 4.15. The van der Waals surface area contributed by atoms with Gasteiger partial charge in [0.25, 0.3) is 11.8 Å². The number of ether oxygens (including phenoxy) is 1. The third kappa shape index (κ3) is 4.28. The maximum absolute atomic E-state index is 13.7. The summed E-state index contributed by atoms with van der Waals surface area (Å²) in [7, 11) is 0. The molecule has 1 aromatic carbocycles. The van der Waals surface area contributed by atoms with E-state index in [2.05, 4.69) is 0 Å². The van der Waals surface area contributed by atoms with Crippen LogP contribution in [0.3, 0.4) is 0 Å². The zero-order valence-electron chi connectivity index (χ0n) is 14.2. The molecule has 142 valence electrons. The molecule has 0 spiro atoms. The molecule has 3 rings (SSSR count). The van der Waals surface area contributed by atoms with Gasteiger partial charge in [-0.25, -0.2) is 9.18 Å². The van der Waals surface area contributed by atoms with Gasteiger partial charge in [-0.15, -0.1) is 0 Å². The van der Waals surface area contributed by atoms with Crippen LogP contribution in [0.5, 0.6) is 0 Å². The van der Waals surface area contributed by atoms with Gasteiger partial charge in [-0.1, -0.05) is 17.7 Å². The lowest BCUT2D eigenvalue weighted by Crippen LogP contribution is -2.51. The molecule has 0 radical (unpaired) electrons. The van der Waals surface area contributed by atoms with Gasteiger partial charge in [-0.05, 0) is 24.3 Å². The van der Waals surface area contributed by atoms with Crippen LogP contribution in [0.15, 0.2) is 41.0 Å². The molecule has 0 atom stereocenters. The van der Waals surface area contributed by atoms with E-state index in [1.807, 2.05) is 0 Å². The smallest absolute Gasteiger partial charge is 0.343 e. The van der Waals surface area contributed by atoms with E-state index in [-0.39, 0.29) is 16.7 Å². The number of esters is 1. The van der Waals surface area contributed by atoms with Crippen LogP contribution in [-0.2, 0) is 9.53 Å². The molecule has 1 aliphatic heterocycles. The summed E-state index contributed by atoms with van der Waals surface area (Å²) in [5, 5.41) is -0.0856. The van der Waals surface area contributed by atoms with E-state index in [1.165, 1.54) is 23.3 Å². The fourth-order valence-corrected chi connectivity index (χ4v) is 2.94. The average molecular weight is 395 g/mol. The van der Waals surface area contributed by atoms with E-state index in [1.54, 1.807) is 17.0 Å². The topological polar surface area (TPSA) is 80.1 Å². The highest BCUT2D eigenvalue weighted by Crippen LogP contribution is 2.20. The summed E-state index contributed by atoms with van der Waals surface area (Å²) in [5.74, 6) is -2.25. The summed E-state index contributed by atoms with van der Waals surface area (Å²) < 4.78 is 23.7. The van der Waals surface area contributed by atoms with Gasteiger partial charge < -0.3 is 19.0 Å². The Bertz CT molecular complexity index is 827. The van der Waals surface area contributed by atoms with Crippen molar-refractivity contribution < 1.29 is 27.9 Å². The molecule has 2 heterocycles. The third-order valence-corrected chi connectivity index (χ3v) is 4.46. The van der Waals surface area contributed by atoms with Crippen LogP contribution >= 0.6 is 11.6 Å². The molecule has 0 N–H and O–H groups in total. The van der Waals surface area contributed by atoms with E-state index in [9.17, 15) is 18.8 Å². The summed E-state index contributed by atoms with van der Waals surface area (Å²) in [4.78, 5) is 39.4. The number of furan rings is 1. The molecule has 27 heavy (non-hydrogen) atoms. The lowest BCUT2D eigenvalue weighted by molar-refractivity contribution is -0.136. The molecular formula is C18H16ClFN2O5. The highest BCUT2D eigenvalue weighted by Gasteiger charge is 2.27. The zero-order chi connectivity index (χ0) is 19.4. The number of piperazine rings is 1. The SMILES string of the molecule is O=C(OCC(=O)N1CCN(C(=O)c2ccco2)CC1)c1c(F)cccc1Cl. The second kappa shape index (κ2) is 8.22. The predicted molar refractivity (Wildman–Crippen MR) is 92.9 cm³/mol. The lowest BCUT2D eigenvalue weighted by Gasteiger charge is -2.34. The summed E-state index contributed by atoms with van der Waals surface area (Å²) in [6.45, 7) is 0.721. The first-order valence-corrected chi connectivity index (χ1v) is 8.57. The van der Waals surface area contributed by atoms with E-state index in [0.717, 1.165) is 6.07 Å². The number of benzene rings is 1. The molecule has 7 nitrogen and oxygen atoms in total. The minimum atomic E-state index is -1.00. The largest absolute Gasteiger partial charge is 0.459 e. The minimum Gasteiger partial charge on any atom is -0.459 e. The van der Waals surface area contributed by atoms with Gasteiger partial charge in [-0.2, -0.15) is 0 Å². The summed E-state index contributed by atoms with van der Waals surface area (Å²) >= 11 is 5.80. The molecule has 1 aliphatic rings. The van der Waals surface area contributed by atoms with Crippen LogP contribution in [0, 0.1) is 5.82 Å². The highest BCUT2D eigenvalue weighted by atomic mass is 35.5. The van der Waals surface area contributed by atoms with Crippen LogP contribution in [0.2, 0.25) is 5.02 Å². The van der Waals surface area contributed by atoms with Crippen LogP contribution in [-0.4, -0.2) is 60.4 Å². The monoisotopic (exact) mass is 394 g/mol. The molecule has 1 aromatic heterocycles. The van der Waals surface area contributed by atoms with Gasteiger partial charge in [0.15, 0.2) is 12.4 Å². The van der Waals surface area contributed by atoms with Gasteiger partial charge >= 0.3 is 5.97 Å².